The van der Waals surface area contributed by atoms with Gasteiger partial charge in [0, 0.05) is 12.6 Å². The van der Waals surface area contributed by atoms with Gasteiger partial charge in [-0.3, -0.25) is 4.79 Å². The molecule has 5 nitrogen and oxygen atoms in total. The summed E-state index contributed by atoms with van der Waals surface area (Å²) in [5.41, 5.74) is 0.910. The van der Waals surface area contributed by atoms with Crippen LogP contribution >= 0.6 is 0 Å². The number of carbonyl (C=O) groups is 2. The first-order valence-corrected chi connectivity index (χ1v) is 5.84. The molecule has 19 heavy (non-hydrogen) atoms. The molecule has 0 fully saturated rings. The first-order chi connectivity index (χ1) is 9.15. The number of benzene rings is 1. The van der Waals surface area contributed by atoms with Crippen molar-refractivity contribution >= 4 is 11.9 Å². The van der Waals surface area contributed by atoms with Crippen molar-refractivity contribution in [3.63, 3.8) is 0 Å². The van der Waals surface area contributed by atoms with Gasteiger partial charge in [0.1, 0.15) is 5.75 Å². The fourth-order valence-corrected chi connectivity index (χ4v) is 1.35. The molecule has 0 aliphatic carbocycles. The summed E-state index contributed by atoms with van der Waals surface area (Å²) in [6, 6.07) is 7.36. The van der Waals surface area contributed by atoms with E-state index >= 15 is 0 Å². The van der Waals surface area contributed by atoms with Crippen LogP contribution in [0.4, 0.5) is 0 Å². The molecule has 0 unspecified atom stereocenters. The van der Waals surface area contributed by atoms with E-state index in [1.807, 2.05) is 24.3 Å². The van der Waals surface area contributed by atoms with Crippen LogP contribution in [0.2, 0.25) is 0 Å². The Morgan fingerprint density at radius 3 is 2.84 bits per heavy atom. The van der Waals surface area contributed by atoms with Crippen molar-refractivity contribution in [3.8, 4) is 5.75 Å². The number of methoxy groups -OCH3 is 1. The Kier molecular flexibility index (Phi) is 6.15. The summed E-state index contributed by atoms with van der Waals surface area (Å²) >= 11 is 0. The standard InChI is InChI=1S/C14H17NO4/c1-3-5-14(17)19-10-13(16)15-9-11-6-4-7-12(8-11)18-2/h3-8H,9-10H2,1-2H3,(H,15,16)/b5-3+. The third-order valence-electron chi connectivity index (χ3n) is 2.27. The fourth-order valence-electron chi connectivity index (χ4n) is 1.35. The van der Waals surface area contributed by atoms with Gasteiger partial charge in [-0.2, -0.15) is 0 Å². The van der Waals surface area contributed by atoms with E-state index < -0.39 is 5.97 Å². The minimum Gasteiger partial charge on any atom is -0.497 e. The molecule has 1 aromatic rings. The lowest BCUT2D eigenvalue weighted by atomic mass is 10.2. The Hall–Kier alpha value is -2.30. The van der Waals surface area contributed by atoms with Crippen molar-refractivity contribution in [2.45, 2.75) is 13.5 Å². The number of hydrogen-bond acceptors (Lipinski definition) is 4. The highest BCUT2D eigenvalue weighted by Crippen LogP contribution is 2.11. The maximum absolute atomic E-state index is 11.4. The molecule has 0 heterocycles. The van der Waals surface area contributed by atoms with E-state index in [2.05, 4.69) is 5.32 Å². The number of allylic oxidation sites excluding steroid dienone is 1. The van der Waals surface area contributed by atoms with E-state index in [-0.39, 0.29) is 12.5 Å². The van der Waals surface area contributed by atoms with Crippen LogP contribution in [0.25, 0.3) is 0 Å². The van der Waals surface area contributed by atoms with Gasteiger partial charge in [-0.15, -0.1) is 0 Å². The second-order valence-corrected chi connectivity index (χ2v) is 3.74. The number of ether oxygens (including phenoxy) is 2. The van der Waals surface area contributed by atoms with E-state index in [1.54, 1.807) is 20.1 Å². The number of rotatable bonds is 6. The molecule has 0 saturated heterocycles. The number of carbonyl (C=O) groups excluding carboxylic acids is 2. The molecular formula is C14H17NO4. The predicted octanol–water partition coefficient (Wildman–Crippen LogP) is 1.43. The Labute approximate surface area is 112 Å². The molecule has 0 saturated carbocycles. The lowest BCUT2D eigenvalue weighted by Crippen LogP contribution is -2.28. The third kappa shape index (κ3) is 5.72. The molecule has 1 aromatic carbocycles. The van der Waals surface area contributed by atoms with Crippen LogP contribution in [0.5, 0.6) is 5.75 Å². The van der Waals surface area contributed by atoms with Crippen LogP contribution in [0.1, 0.15) is 12.5 Å². The zero-order valence-corrected chi connectivity index (χ0v) is 11.0. The van der Waals surface area contributed by atoms with E-state index in [0.717, 1.165) is 11.3 Å². The van der Waals surface area contributed by atoms with Crippen molar-refractivity contribution in [3.05, 3.63) is 42.0 Å². The molecule has 0 bridgehead atoms. The molecule has 0 aliphatic heterocycles. The molecule has 5 heteroatoms. The molecule has 0 atom stereocenters. The fraction of sp³-hybridized carbons (Fsp3) is 0.286. The van der Waals surface area contributed by atoms with E-state index in [0.29, 0.717) is 6.54 Å². The van der Waals surface area contributed by atoms with Crippen molar-refractivity contribution < 1.29 is 19.1 Å². The van der Waals surface area contributed by atoms with Crippen molar-refractivity contribution in [2.24, 2.45) is 0 Å². The van der Waals surface area contributed by atoms with Gasteiger partial charge in [-0.25, -0.2) is 4.79 Å². The van der Waals surface area contributed by atoms with Gasteiger partial charge < -0.3 is 14.8 Å². The number of nitrogens with one attached hydrogen (secondary N) is 1. The van der Waals surface area contributed by atoms with Crippen LogP contribution in [0.3, 0.4) is 0 Å². The Morgan fingerprint density at radius 1 is 1.37 bits per heavy atom. The van der Waals surface area contributed by atoms with Crippen molar-refractivity contribution in [1.29, 1.82) is 0 Å². The van der Waals surface area contributed by atoms with Crippen LogP contribution < -0.4 is 10.1 Å². The summed E-state index contributed by atoms with van der Waals surface area (Å²) in [4.78, 5) is 22.4. The summed E-state index contributed by atoms with van der Waals surface area (Å²) in [6.45, 7) is 1.77. The monoisotopic (exact) mass is 263 g/mol. The average Bonchev–Trinajstić information content (AvgIpc) is 2.43. The molecule has 1 rings (SSSR count). The Bertz CT molecular complexity index is 468. The van der Waals surface area contributed by atoms with E-state index in [4.69, 9.17) is 9.47 Å². The highest BCUT2D eigenvalue weighted by molar-refractivity contribution is 5.85. The summed E-state index contributed by atoms with van der Waals surface area (Å²) < 4.78 is 9.79. The van der Waals surface area contributed by atoms with Gasteiger partial charge in [0.2, 0.25) is 0 Å². The van der Waals surface area contributed by atoms with Gasteiger partial charge >= 0.3 is 5.97 Å². The highest BCUT2D eigenvalue weighted by atomic mass is 16.5. The smallest absolute Gasteiger partial charge is 0.330 e. The molecule has 0 spiro atoms. The molecular weight excluding hydrogens is 246 g/mol. The van der Waals surface area contributed by atoms with Crippen molar-refractivity contribution in [1.82, 2.24) is 5.32 Å². The third-order valence-corrected chi connectivity index (χ3v) is 2.27. The quantitative estimate of drug-likeness (QED) is 0.623. The molecule has 102 valence electrons. The zero-order chi connectivity index (χ0) is 14.1. The summed E-state index contributed by atoms with van der Waals surface area (Å²) in [5.74, 6) is -0.147. The van der Waals surface area contributed by atoms with E-state index in [9.17, 15) is 9.59 Å². The maximum Gasteiger partial charge on any atom is 0.330 e. The average molecular weight is 263 g/mol. The molecule has 0 aliphatic rings. The Balaban J connectivity index is 2.35. The first-order valence-electron chi connectivity index (χ1n) is 5.84. The topological polar surface area (TPSA) is 64.6 Å². The zero-order valence-electron chi connectivity index (χ0n) is 11.0. The van der Waals surface area contributed by atoms with E-state index in [1.165, 1.54) is 6.08 Å². The van der Waals surface area contributed by atoms with Gasteiger partial charge in [-0.05, 0) is 24.6 Å². The minimum absolute atomic E-state index is 0.285. The summed E-state index contributed by atoms with van der Waals surface area (Å²) in [7, 11) is 1.58. The van der Waals surface area contributed by atoms with Crippen LogP contribution in [-0.4, -0.2) is 25.6 Å². The van der Waals surface area contributed by atoms with Gasteiger partial charge in [0.05, 0.1) is 7.11 Å². The largest absolute Gasteiger partial charge is 0.497 e. The summed E-state index contributed by atoms with van der Waals surface area (Å²) in [6.07, 6.45) is 2.81. The normalized spacial score (nSPS) is 10.2. The highest BCUT2D eigenvalue weighted by Gasteiger charge is 2.04. The second kappa shape index (κ2) is 7.92. The minimum atomic E-state index is -0.529. The molecule has 0 radical (unpaired) electrons. The maximum atomic E-state index is 11.4. The second-order valence-electron chi connectivity index (χ2n) is 3.74. The van der Waals surface area contributed by atoms with Crippen LogP contribution in [-0.2, 0) is 20.9 Å². The number of esters is 1. The van der Waals surface area contributed by atoms with Gasteiger partial charge in [-0.1, -0.05) is 18.2 Å². The molecule has 1 N–H and O–H groups in total. The lowest BCUT2D eigenvalue weighted by molar-refractivity contribution is -0.143. The van der Waals surface area contributed by atoms with Crippen LogP contribution in [0, 0.1) is 0 Å². The lowest BCUT2D eigenvalue weighted by Gasteiger charge is -2.07. The van der Waals surface area contributed by atoms with Gasteiger partial charge in [0.15, 0.2) is 6.61 Å². The molecule has 0 aromatic heterocycles. The first kappa shape index (κ1) is 14.8. The predicted molar refractivity (Wildman–Crippen MR) is 70.6 cm³/mol. The number of hydrogen-bond donors (Lipinski definition) is 1. The SMILES string of the molecule is C/C=C/C(=O)OCC(=O)NCc1cccc(OC)c1. The van der Waals surface area contributed by atoms with Crippen LogP contribution in [0.15, 0.2) is 36.4 Å². The van der Waals surface area contributed by atoms with Crippen molar-refractivity contribution in [2.75, 3.05) is 13.7 Å². The summed E-state index contributed by atoms with van der Waals surface area (Å²) in [5, 5.41) is 2.65. The molecule has 1 amide bonds. The van der Waals surface area contributed by atoms with Gasteiger partial charge in [0.25, 0.3) is 5.91 Å². The number of amides is 1. The Morgan fingerprint density at radius 2 is 2.16 bits per heavy atom.